The Bertz CT molecular complexity index is 887. The molecule has 0 saturated heterocycles. The minimum atomic E-state index is -0.663. The smallest absolute Gasteiger partial charge is 0.303 e. The first-order valence-electron chi connectivity index (χ1n) is 29.9. The van der Waals surface area contributed by atoms with Crippen molar-refractivity contribution in [1.82, 2.24) is 0 Å². The molecule has 0 unspecified atom stereocenters. The van der Waals surface area contributed by atoms with E-state index in [2.05, 4.69) is 41.5 Å². The Hall–Kier alpha value is -3.12. The maximum Gasteiger partial charge on any atom is 0.303 e. The van der Waals surface area contributed by atoms with Crippen molar-refractivity contribution in [1.29, 1.82) is 0 Å². The Morgan fingerprint density at radius 2 is 0.260 bits per heavy atom. The third kappa shape index (κ3) is 119. The predicted octanol–water partition coefficient (Wildman–Crippen LogP) is 18.9. The fourth-order valence-electron chi connectivity index (χ4n) is 7.40. The van der Waals surface area contributed by atoms with Gasteiger partial charge >= 0.3 is 35.8 Å². The van der Waals surface area contributed by atoms with Crippen LogP contribution in [0.5, 0.6) is 0 Å². The molecule has 0 heterocycles. The first kappa shape index (κ1) is 83.9. The summed E-state index contributed by atoms with van der Waals surface area (Å²) in [7, 11) is 0. The van der Waals surface area contributed by atoms with Gasteiger partial charge in [0.25, 0.3) is 0 Å². The standard InChI is InChI=1S/6C10H20O2.B/c6*1-2-3-4-5-6-7-8-9-10(11)12;/h6*2-9H2,1H3,(H,11,12);. The summed E-state index contributed by atoms with van der Waals surface area (Å²) in [5.74, 6) is -3.98. The first-order chi connectivity index (χ1) is 34.6. The molecule has 0 aliphatic carbocycles. The number of hydrogen-bond donors (Lipinski definition) is 6. The lowest BCUT2D eigenvalue weighted by molar-refractivity contribution is -0.138. The minimum Gasteiger partial charge on any atom is -0.481 e. The Kier molecular flexibility index (Phi) is 92.2. The van der Waals surface area contributed by atoms with Gasteiger partial charge in [0.05, 0.1) is 0 Å². The topological polar surface area (TPSA) is 224 Å². The summed E-state index contributed by atoms with van der Waals surface area (Å²) < 4.78 is 0. The summed E-state index contributed by atoms with van der Waals surface area (Å²) >= 11 is 0. The molecule has 0 aliphatic heterocycles. The van der Waals surface area contributed by atoms with E-state index in [1.807, 2.05) is 0 Å². The molecule has 0 spiro atoms. The Morgan fingerprint density at radius 1 is 0.178 bits per heavy atom. The van der Waals surface area contributed by atoms with E-state index in [-0.39, 0.29) is 8.41 Å². The average molecular weight is 1040 g/mol. The average Bonchev–Trinajstić information content (AvgIpc) is 3.33. The number of carboxylic acid groups (broad SMARTS) is 6. The lowest BCUT2D eigenvalue weighted by Gasteiger charge is -1.98. The number of carboxylic acids is 6. The van der Waals surface area contributed by atoms with Crippen LogP contribution in [0.1, 0.15) is 350 Å². The van der Waals surface area contributed by atoms with Gasteiger partial charge in [-0.05, 0) is 38.5 Å². The molecule has 3 radical (unpaired) electrons. The Balaban J connectivity index is -0.000000143. The first-order valence-corrected chi connectivity index (χ1v) is 29.9. The van der Waals surface area contributed by atoms with E-state index < -0.39 is 35.8 Å². The van der Waals surface area contributed by atoms with Gasteiger partial charge in [0.1, 0.15) is 0 Å². The molecule has 0 fully saturated rings. The van der Waals surface area contributed by atoms with E-state index in [9.17, 15) is 28.8 Å². The Morgan fingerprint density at radius 3 is 0.342 bits per heavy atom. The Labute approximate surface area is 451 Å². The van der Waals surface area contributed by atoms with Crippen LogP contribution < -0.4 is 0 Å². The van der Waals surface area contributed by atoms with Crippen molar-refractivity contribution in [2.24, 2.45) is 0 Å². The second-order valence-electron chi connectivity index (χ2n) is 19.6. The predicted molar refractivity (Wildman–Crippen MR) is 307 cm³/mol. The van der Waals surface area contributed by atoms with Crippen LogP contribution in [0, 0.1) is 0 Å². The number of hydrogen-bond acceptors (Lipinski definition) is 6. The van der Waals surface area contributed by atoms with Gasteiger partial charge < -0.3 is 30.6 Å². The molecular weight excluding hydrogens is 923 g/mol. The number of carbonyl (C=O) groups is 6. The molecule has 13 heteroatoms. The van der Waals surface area contributed by atoms with Gasteiger partial charge in [0.2, 0.25) is 0 Å². The summed E-state index contributed by atoms with van der Waals surface area (Å²) in [6, 6.07) is 0. The summed E-state index contributed by atoms with van der Waals surface area (Å²) in [6.45, 7) is 13.2. The van der Waals surface area contributed by atoms with E-state index in [0.29, 0.717) is 38.5 Å². The van der Waals surface area contributed by atoms with Crippen LogP contribution in [0.15, 0.2) is 0 Å². The third-order valence-electron chi connectivity index (χ3n) is 12.0. The molecule has 6 N–H and O–H groups in total. The van der Waals surface area contributed by atoms with E-state index in [1.54, 1.807) is 0 Å². The van der Waals surface area contributed by atoms with Gasteiger partial charge in [0, 0.05) is 46.9 Å². The SMILES string of the molecule is CCCCCCCCCC(=O)O.CCCCCCCCCC(=O)O.CCCCCCCCCC(=O)O.CCCCCCCCCC(=O)O.CCCCCCCCCC(=O)O.CCCCCCCCCC(=O)O.[B]. The van der Waals surface area contributed by atoms with Crippen molar-refractivity contribution in [3.8, 4) is 0 Å². The van der Waals surface area contributed by atoms with Gasteiger partial charge in [-0.25, -0.2) is 0 Å². The molecular formula is C60H120BO12. The van der Waals surface area contributed by atoms with Gasteiger partial charge in [-0.2, -0.15) is 0 Å². The highest BCUT2D eigenvalue weighted by Crippen LogP contribution is 2.12. The molecule has 0 rings (SSSR count). The zero-order valence-corrected chi connectivity index (χ0v) is 48.7. The fraction of sp³-hybridized carbons (Fsp3) is 0.900. The van der Waals surface area contributed by atoms with Gasteiger partial charge in [-0.3, -0.25) is 28.8 Å². The van der Waals surface area contributed by atoms with E-state index >= 15 is 0 Å². The summed E-state index contributed by atoms with van der Waals surface area (Å²) in [5, 5.41) is 50.1. The maximum atomic E-state index is 10.1. The fourth-order valence-corrected chi connectivity index (χ4v) is 7.40. The summed E-state index contributed by atoms with van der Waals surface area (Å²) in [6.07, 6.45) is 51.9. The number of rotatable bonds is 48. The number of aliphatic carboxylic acids is 6. The molecule has 0 bridgehead atoms. The van der Waals surface area contributed by atoms with Crippen LogP contribution in [0.2, 0.25) is 0 Å². The van der Waals surface area contributed by atoms with E-state index in [1.165, 1.54) is 193 Å². The van der Waals surface area contributed by atoms with Gasteiger partial charge in [0.15, 0.2) is 0 Å². The lowest BCUT2D eigenvalue weighted by Crippen LogP contribution is -1.93. The van der Waals surface area contributed by atoms with Crippen LogP contribution in [0.25, 0.3) is 0 Å². The normalized spacial score (nSPS) is 9.95. The van der Waals surface area contributed by atoms with Crippen LogP contribution in [0.4, 0.5) is 0 Å². The second-order valence-corrected chi connectivity index (χ2v) is 19.6. The van der Waals surface area contributed by atoms with Crippen LogP contribution >= 0.6 is 0 Å². The van der Waals surface area contributed by atoms with Gasteiger partial charge in [-0.1, -0.05) is 273 Å². The highest BCUT2D eigenvalue weighted by Gasteiger charge is 2.00. The molecule has 0 atom stereocenters. The molecule has 0 amide bonds. The monoisotopic (exact) mass is 1040 g/mol. The molecule has 12 nitrogen and oxygen atoms in total. The second kappa shape index (κ2) is 80.3. The highest BCUT2D eigenvalue weighted by molar-refractivity contribution is 5.75. The van der Waals surface area contributed by atoms with E-state index in [0.717, 1.165) is 77.0 Å². The maximum absolute atomic E-state index is 10.1. The summed E-state index contributed by atoms with van der Waals surface area (Å²) in [5.41, 5.74) is 0. The lowest BCUT2D eigenvalue weighted by atomic mass is 10.1. The van der Waals surface area contributed by atoms with Crippen molar-refractivity contribution in [2.45, 2.75) is 350 Å². The molecule has 0 aliphatic rings. The minimum absolute atomic E-state index is 0. The van der Waals surface area contributed by atoms with E-state index in [4.69, 9.17) is 30.6 Å². The zero-order chi connectivity index (χ0) is 55.4. The van der Waals surface area contributed by atoms with Crippen LogP contribution in [-0.2, 0) is 28.8 Å². The zero-order valence-electron chi connectivity index (χ0n) is 48.7. The molecule has 435 valence electrons. The van der Waals surface area contributed by atoms with Crippen molar-refractivity contribution in [2.75, 3.05) is 0 Å². The molecule has 0 aromatic carbocycles. The van der Waals surface area contributed by atoms with Crippen LogP contribution in [0.3, 0.4) is 0 Å². The largest absolute Gasteiger partial charge is 0.481 e. The van der Waals surface area contributed by atoms with Gasteiger partial charge in [-0.15, -0.1) is 0 Å². The molecule has 73 heavy (non-hydrogen) atoms. The quantitative estimate of drug-likeness (QED) is 0.0247. The number of unbranched alkanes of at least 4 members (excludes halogenated alkanes) is 36. The highest BCUT2D eigenvalue weighted by atomic mass is 16.4. The van der Waals surface area contributed by atoms with Crippen molar-refractivity contribution in [3.63, 3.8) is 0 Å². The van der Waals surface area contributed by atoms with Crippen molar-refractivity contribution >= 4 is 44.2 Å². The molecule has 0 saturated carbocycles. The van der Waals surface area contributed by atoms with Crippen LogP contribution in [-0.4, -0.2) is 74.9 Å². The molecule has 0 aromatic rings. The van der Waals surface area contributed by atoms with Crippen molar-refractivity contribution in [3.05, 3.63) is 0 Å². The van der Waals surface area contributed by atoms with Crippen molar-refractivity contribution < 1.29 is 59.4 Å². The third-order valence-corrected chi connectivity index (χ3v) is 12.0. The summed E-state index contributed by atoms with van der Waals surface area (Å²) in [4.78, 5) is 60.8. The molecule has 0 aromatic heterocycles.